The van der Waals surface area contributed by atoms with Crippen LogP contribution < -0.4 is 16.0 Å². The van der Waals surface area contributed by atoms with Crippen LogP contribution in [0.1, 0.15) is 61.0 Å². The maximum atomic E-state index is 12.6. The molecule has 0 saturated heterocycles. The van der Waals surface area contributed by atoms with E-state index >= 15 is 0 Å². The third-order valence-electron chi connectivity index (χ3n) is 5.20. The highest BCUT2D eigenvalue weighted by Gasteiger charge is 2.16. The fourth-order valence-corrected chi connectivity index (χ4v) is 3.58. The lowest BCUT2D eigenvalue weighted by Gasteiger charge is -2.22. The highest BCUT2D eigenvalue weighted by Crippen LogP contribution is 2.17. The average Bonchev–Trinajstić information content (AvgIpc) is 2.74. The van der Waals surface area contributed by atoms with Crippen LogP contribution in [-0.4, -0.2) is 24.4 Å². The second-order valence-electron chi connectivity index (χ2n) is 7.44. The fraction of sp³-hybridized carbons (Fsp3) is 0.391. The molecule has 3 rings (SSSR count). The largest absolute Gasteiger partial charge is 0.376 e. The number of hydrogen-bond acceptors (Lipinski definition) is 3. The third-order valence-corrected chi connectivity index (χ3v) is 5.20. The Morgan fingerprint density at radius 1 is 1.00 bits per heavy atom. The predicted molar refractivity (Wildman–Crippen MR) is 112 cm³/mol. The van der Waals surface area contributed by atoms with Gasteiger partial charge < -0.3 is 16.0 Å². The zero-order valence-electron chi connectivity index (χ0n) is 16.4. The van der Waals surface area contributed by atoms with Crippen LogP contribution in [0.15, 0.2) is 54.6 Å². The summed E-state index contributed by atoms with van der Waals surface area (Å²) in [5, 5.41) is 9.22. The smallest absolute Gasteiger partial charge is 0.251 e. The minimum absolute atomic E-state index is 0.000505. The van der Waals surface area contributed by atoms with Crippen LogP contribution in [-0.2, 0) is 4.79 Å². The minimum atomic E-state index is -0.133. The molecule has 1 aliphatic carbocycles. The fourth-order valence-electron chi connectivity index (χ4n) is 3.58. The van der Waals surface area contributed by atoms with Crippen LogP contribution in [0.4, 0.5) is 5.69 Å². The molecule has 2 amide bonds. The van der Waals surface area contributed by atoms with Crippen molar-refractivity contribution in [3.8, 4) is 0 Å². The van der Waals surface area contributed by atoms with Crippen LogP contribution in [0, 0.1) is 0 Å². The molecule has 3 N–H and O–H groups in total. The number of nitrogens with one attached hydrogen (secondary N) is 3. The second kappa shape index (κ2) is 9.93. The van der Waals surface area contributed by atoms with Gasteiger partial charge in [-0.1, -0.05) is 55.7 Å². The van der Waals surface area contributed by atoms with Crippen molar-refractivity contribution >= 4 is 17.5 Å². The Morgan fingerprint density at radius 2 is 1.75 bits per heavy atom. The zero-order chi connectivity index (χ0) is 19.8. The number of carbonyl (C=O) groups excluding carboxylic acids is 2. The van der Waals surface area contributed by atoms with Crippen molar-refractivity contribution < 1.29 is 9.59 Å². The van der Waals surface area contributed by atoms with Crippen molar-refractivity contribution in [1.82, 2.24) is 10.6 Å². The Morgan fingerprint density at radius 3 is 2.50 bits per heavy atom. The number of amides is 2. The summed E-state index contributed by atoms with van der Waals surface area (Å²) in [5.41, 5.74) is 2.39. The molecule has 28 heavy (non-hydrogen) atoms. The van der Waals surface area contributed by atoms with Crippen molar-refractivity contribution in [1.29, 1.82) is 0 Å². The quantitative estimate of drug-likeness (QED) is 0.680. The molecule has 1 unspecified atom stereocenters. The van der Waals surface area contributed by atoms with E-state index < -0.39 is 0 Å². The van der Waals surface area contributed by atoms with E-state index in [2.05, 4.69) is 16.0 Å². The molecule has 5 nitrogen and oxygen atoms in total. The SMILES string of the molecule is CC(NC(=O)c1cccc(NCC(=O)NC2CCCCC2)c1)c1ccccc1. The van der Waals surface area contributed by atoms with Gasteiger partial charge in [-0.2, -0.15) is 0 Å². The molecular weight excluding hydrogens is 350 g/mol. The molecule has 0 radical (unpaired) electrons. The Kier molecular flexibility index (Phi) is 7.06. The first-order valence-electron chi connectivity index (χ1n) is 10.1. The lowest BCUT2D eigenvalue weighted by Crippen LogP contribution is -2.39. The molecular formula is C23H29N3O2. The summed E-state index contributed by atoms with van der Waals surface area (Å²) in [4.78, 5) is 24.7. The lowest BCUT2D eigenvalue weighted by atomic mass is 9.95. The van der Waals surface area contributed by atoms with E-state index in [9.17, 15) is 9.59 Å². The molecule has 1 atom stereocenters. The molecule has 0 spiro atoms. The molecule has 2 aromatic rings. The maximum absolute atomic E-state index is 12.6. The molecule has 0 bridgehead atoms. The lowest BCUT2D eigenvalue weighted by molar-refractivity contribution is -0.120. The summed E-state index contributed by atoms with van der Waals surface area (Å²) in [6.07, 6.45) is 5.79. The van der Waals surface area contributed by atoms with Crippen LogP contribution in [0.2, 0.25) is 0 Å². The van der Waals surface area contributed by atoms with Gasteiger partial charge in [0.2, 0.25) is 5.91 Å². The van der Waals surface area contributed by atoms with Crippen LogP contribution in [0.5, 0.6) is 0 Å². The van der Waals surface area contributed by atoms with E-state index in [1.165, 1.54) is 19.3 Å². The van der Waals surface area contributed by atoms with Crippen molar-refractivity contribution in [3.05, 3.63) is 65.7 Å². The van der Waals surface area contributed by atoms with Crippen molar-refractivity contribution in [2.45, 2.75) is 51.1 Å². The number of benzene rings is 2. The summed E-state index contributed by atoms with van der Waals surface area (Å²) < 4.78 is 0. The van der Waals surface area contributed by atoms with Gasteiger partial charge in [0.15, 0.2) is 0 Å². The first-order valence-corrected chi connectivity index (χ1v) is 10.1. The normalized spacial score (nSPS) is 15.5. The summed E-state index contributed by atoms with van der Waals surface area (Å²) in [5.74, 6) is -0.133. The van der Waals surface area contributed by atoms with Gasteiger partial charge in [-0.25, -0.2) is 0 Å². The molecule has 0 heterocycles. The van der Waals surface area contributed by atoms with Gasteiger partial charge in [-0.3, -0.25) is 9.59 Å². The van der Waals surface area contributed by atoms with Crippen molar-refractivity contribution in [3.63, 3.8) is 0 Å². The third kappa shape index (κ3) is 5.84. The molecule has 0 aromatic heterocycles. The molecule has 148 valence electrons. The number of carbonyl (C=O) groups is 2. The van der Waals surface area contributed by atoms with Gasteiger partial charge in [0.1, 0.15) is 0 Å². The Labute approximate surface area is 166 Å². The molecule has 1 aliphatic rings. The van der Waals surface area contributed by atoms with Crippen molar-refractivity contribution in [2.24, 2.45) is 0 Å². The summed E-state index contributed by atoms with van der Waals surface area (Å²) in [6, 6.07) is 17.3. The molecule has 1 saturated carbocycles. The minimum Gasteiger partial charge on any atom is -0.376 e. The molecule has 5 heteroatoms. The van der Waals surface area contributed by atoms with Crippen LogP contribution in [0.3, 0.4) is 0 Å². The second-order valence-corrected chi connectivity index (χ2v) is 7.44. The first kappa shape index (κ1) is 19.9. The van der Waals surface area contributed by atoms with E-state index in [1.54, 1.807) is 12.1 Å². The Bertz CT molecular complexity index is 785. The van der Waals surface area contributed by atoms with Gasteiger partial charge in [0.25, 0.3) is 5.91 Å². The Balaban J connectivity index is 1.51. The van der Waals surface area contributed by atoms with E-state index in [0.717, 1.165) is 24.1 Å². The summed E-state index contributed by atoms with van der Waals surface area (Å²) >= 11 is 0. The molecule has 0 aliphatic heterocycles. The highest BCUT2D eigenvalue weighted by atomic mass is 16.2. The first-order chi connectivity index (χ1) is 13.6. The van der Waals surface area contributed by atoms with E-state index in [-0.39, 0.29) is 24.4 Å². The van der Waals surface area contributed by atoms with Gasteiger partial charge in [-0.15, -0.1) is 0 Å². The number of hydrogen-bond donors (Lipinski definition) is 3. The molecule has 1 fully saturated rings. The number of anilines is 1. The van der Waals surface area contributed by atoms with Crippen LogP contribution >= 0.6 is 0 Å². The van der Waals surface area contributed by atoms with E-state index in [1.807, 2.05) is 49.4 Å². The maximum Gasteiger partial charge on any atom is 0.251 e. The average molecular weight is 380 g/mol. The van der Waals surface area contributed by atoms with Gasteiger partial charge in [0, 0.05) is 17.3 Å². The number of rotatable bonds is 7. The predicted octanol–water partition coefficient (Wildman–Crippen LogP) is 4.04. The highest BCUT2D eigenvalue weighted by molar-refractivity contribution is 5.95. The monoisotopic (exact) mass is 379 g/mol. The van der Waals surface area contributed by atoms with Gasteiger partial charge >= 0.3 is 0 Å². The van der Waals surface area contributed by atoms with Gasteiger partial charge in [-0.05, 0) is 43.5 Å². The van der Waals surface area contributed by atoms with Crippen LogP contribution in [0.25, 0.3) is 0 Å². The zero-order valence-corrected chi connectivity index (χ0v) is 16.4. The Hall–Kier alpha value is -2.82. The van der Waals surface area contributed by atoms with E-state index in [4.69, 9.17) is 0 Å². The van der Waals surface area contributed by atoms with E-state index in [0.29, 0.717) is 11.6 Å². The van der Waals surface area contributed by atoms with Crippen molar-refractivity contribution in [2.75, 3.05) is 11.9 Å². The topological polar surface area (TPSA) is 70.2 Å². The summed E-state index contributed by atoms with van der Waals surface area (Å²) in [6.45, 7) is 2.17. The summed E-state index contributed by atoms with van der Waals surface area (Å²) in [7, 11) is 0. The molecule has 2 aromatic carbocycles. The standard InChI is InChI=1S/C23H29N3O2/c1-17(18-9-4-2-5-10-18)25-23(28)19-11-8-14-21(15-19)24-16-22(27)26-20-12-6-3-7-13-20/h2,4-5,8-11,14-15,17,20,24H,3,6-7,12-13,16H2,1H3,(H,25,28)(H,26,27). The van der Waals surface area contributed by atoms with Gasteiger partial charge in [0.05, 0.1) is 12.6 Å².